The highest BCUT2D eigenvalue weighted by Gasteiger charge is 2.36. The van der Waals surface area contributed by atoms with Gasteiger partial charge in [0.05, 0.1) is 35.8 Å². The number of aromatic nitrogens is 3. The third-order valence-corrected chi connectivity index (χ3v) is 7.50. The van der Waals surface area contributed by atoms with Gasteiger partial charge in [-0.1, -0.05) is 42.0 Å². The van der Waals surface area contributed by atoms with Gasteiger partial charge in [0, 0.05) is 16.5 Å². The van der Waals surface area contributed by atoms with Crippen molar-refractivity contribution in [1.82, 2.24) is 19.9 Å². The molecule has 0 spiro atoms. The number of alkyl halides is 3. The average Bonchev–Trinajstić information content (AvgIpc) is 3.44. The van der Waals surface area contributed by atoms with Crippen LogP contribution in [0.2, 0.25) is 0 Å². The third kappa shape index (κ3) is 6.66. The van der Waals surface area contributed by atoms with E-state index in [0.717, 1.165) is 34.7 Å². The number of hydrogen-bond donors (Lipinski definition) is 2. The number of aryl methyl sites for hydroxylation is 2. The van der Waals surface area contributed by atoms with Crippen LogP contribution in [0.15, 0.2) is 71.5 Å². The first-order chi connectivity index (χ1) is 21.5. The molecule has 3 aromatic heterocycles. The van der Waals surface area contributed by atoms with Crippen LogP contribution in [0.5, 0.6) is 0 Å². The number of fused-ring (bicyclic) bond motifs is 1. The lowest BCUT2D eigenvalue weighted by Gasteiger charge is -2.18. The quantitative estimate of drug-likeness (QED) is 0.147. The molecule has 0 saturated carbocycles. The molecule has 8 nitrogen and oxygen atoms in total. The van der Waals surface area contributed by atoms with Gasteiger partial charge >= 0.3 is 12.1 Å². The molecule has 45 heavy (non-hydrogen) atoms. The monoisotopic (exact) mass is 613 g/mol. The number of halogens is 3. The molecule has 0 radical (unpaired) electrons. The Hall–Kier alpha value is -5.21. The largest absolute Gasteiger partial charge is 0.461 e. The van der Waals surface area contributed by atoms with Crippen molar-refractivity contribution in [3.05, 3.63) is 111 Å². The molecule has 0 atom stereocenters. The summed E-state index contributed by atoms with van der Waals surface area (Å²) in [6.07, 6.45) is -4.25. The first kappa shape index (κ1) is 31.2. The van der Waals surface area contributed by atoms with E-state index in [0.29, 0.717) is 28.9 Å². The molecular formula is C34H30F3N5O3. The topological polar surface area (TPSA) is 113 Å². The number of ether oxygens (including phenoxy) is 1. The van der Waals surface area contributed by atoms with Crippen LogP contribution in [0.25, 0.3) is 33.5 Å². The van der Waals surface area contributed by atoms with E-state index in [1.54, 1.807) is 36.4 Å². The van der Waals surface area contributed by atoms with Crippen molar-refractivity contribution in [1.29, 1.82) is 5.26 Å². The summed E-state index contributed by atoms with van der Waals surface area (Å²) < 4.78 is 48.7. The number of pyridine rings is 2. The molecule has 0 aliphatic rings. The standard InChI is InChI=1S/C34H30F3N5O3/c1-20-8-9-24(21(2)14-20)19-42-31(17-26(34(35,36)37)25(18-38)32(42)43)28-7-4-6-27(40-28)22-10-11-23-16-30(41-29(23)15-22)33(44)45-13-5-12-39-3/h4,6-11,14-17,39,41H,5,12-13,19H2,1-3H3. The van der Waals surface area contributed by atoms with Crippen LogP contribution in [-0.4, -0.2) is 40.7 Å². The number of carbonyl (C=O) groups excluding carboxylic acids is 1. The number of H-pyrrole nitrogens is 1. The Morgan fingerprint density at radius 2 is 1.84 bits per heavy atom. The van der Waals surface area contributed by atoms with Crippen molar-refractivity contribution >= 4 is 16.9 Å². The third-order valence-electron chi connectivity index (χ3n) is 7.50. The molecule has 2 N–H and O–H groups in total. The fourth-order valence-electron chi connectivity index (χ4n) is 5.17. The number of esters is 1. The van der Waals surface area contributed by atoms with E-state index in [1.165, 1.54) is 16.7 Å². The molecule has 0 aliphatic heterocycles. The molecule has 0 fully saturated rings. The number of nitrogens with one attached hydrogen (secondary N) is 2. The lowest BCUT2D eigenvalue weighted by molar-refractivity contribution is -0.137. The Kier molecular flexibility index (Phi) is 8.88. The predicted molar refractivity (Wildman–Crippen MR) is 165 cm³/mol. The summed E-state index contributed by atoms with van der Waals surface area (Å²) in [6.45, 7) is 4.71. The Morgan fingerprint density at radius 3 is 2.56 bits per heavy atom. The smallest absolute Gasteiger partial charge is 0.417 e. The van der Waals surface area contributed by atoms with E-state index < -0.39 is 28.8 Å². The zero-order valence-corrected chi connectivity index (χ0v) is 24.9. The van der Waals surface area contributed by atoms with E-state index in [2.05, 4.69) is 15.3 Å². The number of nitriles is 1. The van der Waals surface area contributed by atoms with E-state index in [1.807, 2.05) is 39.1 Å². The van der Waals surface area contributed by atoms with Crippen molar-refractivity contribution < 1.29 is 22.7 Å². The van der Waals surface area contributed by atoms with Crippen molar-refractivity contribution in [3.8, 4) is 28.7 Å². The van der Waals surface area contributed by atoms with Gasteiger partial charge in [0.25, 0.3) is 5.56 Å². The molecule has 5 rings (SSSR count). The fourth-order valence-corrected chi connectivity index (χ4v) is 5.17. The van der Waals surface area contributed by atoms with Crippen molar-refractivity contribution in [2.24, 2.45) is 0 Å². The minimum absolute atomic E-state index is 0.0543. The van der Waals surface area contributed by atoms with E-state index in [9.17, 15) is 28.0 Å². The molecule has 0 saturated heterocycles. The lowest BCUT2D eigenvalue weighted by Crippen LogP contribution is -2.29. The van der Waals surface area contributed by atoms with E-state index in [4.69, 9.17) is 4.74 Å². The van der Waals surface area contributed by atoms with Crippen molar-refractivity contribution in [2.45, 2.75) is 33.0 Å². The summed E-state index contributed by atoms with van der Waals surface area (Å²) in [5.74, 6) is -0.480. The second kappa shape index (κ2) is 12.8. The van der Waals surface area contributed by atoms with Crippen LogP contribution < -0.4 is 10.9 Å². The van der Waals surface area contributed by atoms with Gasteiger partial charge in [0.15, 0.2) is 0 Å². The van der Waals surface area contributed by atoms with Gasteiger partial charge in [-0.3, -0.25) is 4.79 Å². The summed E-state index contributed by atoms with van der Waals surface area (Å²) in [5.41, 5.74) is 1.30. The maximum Gasteiger partial charge on any atom is 0.417 e. The van der Waals surface area contributed by atoms with Crippen LogP contribution in [0.4, 0.5) is 13.2 Å². The molecule has 0 amide bonds. The SMILES string of the molecule is CNCCCOC(=O)c1cc2ccc(-c3cccc(-c4cc(C(F)(F)F)c(C#N)c(=O)n4Cc4ccc(C)cc4C)n3)cc2[nH]1. The van der Waals surface area contributed by atoms with E-state index in [-0.39, 0.29) is 24.5 Å². The van der Waals surface area contributed by atoms with Gasteiger partial charge in [0.1, 0.15) is 17.3 Å². The maximum atomic E-state index is 14.1. The zero-order chi connectivity index (χ0) is 32.3. The first-order valence-corrected chi connectivity index (χ1v) is 14.2. The van der Waals surface area contributed by atoms with Crippen LogP contribution in [-0.2, 0) is 17.5 Å². The molecule has 5 aromatic rings. The zero-order valence-electron chi connectivity index (χ0n) is 24.9. The van der Waals surface area contributed by atoms with Gasteiger partial charge < -0.3 is 19.6 Å². The second-order valence-corrected chi connectivity index (χ2v) is 10.7. The molecule has 2 aromatic carbocycles. The number of nitrogens with zero attached hydrogens (tertiary/aromatic N) is 3. The maximum absolute atomic E-state index is 14.1. The molecule has 0 unspecified atom stereocenters. The summed E-state index contributed by atoms with van der Waals surface area (Å²) in [4.78, 5) is 33.7. The molecule has 230 valence electrons. The number of aromatic amines is 1. The molecule has 3 heterocycles. The normalized spacial score (nSPS) is 11.5. The number of hydrogen-bond acceptors (Lipinski definition) is 6. The Bertz CT molecular complexity index is 2000. The summed E-state index contributed by atoms with van der Waals surface area (Å²) >= 11 is 0. The van der Waals surface area contributed by atoms with Crippen LogP contribution in [0, 0.1) is 25.2 Å². The fraction of sp³-hybridized carbons (Fsp3) is 0.235. The highest BCUT2D eigenvalue weighted by atomic mass is 19.4. The predicted octanol–water partition coefficient (Wildman–Crippen LogP) is 6.38. The minimum Gasteiger partial charge on any atom is -0.461 e. The highest BCUT2D eigenvalue weighted by molar-refractivity contribution is 5.96. The van der Waals surface area contributed by atoms with Gasteiger partial charge in [-0.05, 0) is 75.3 Å². The summed E-state index contributed by atoms with van der Waals surface area (Å²) in [7, 11) is 1.82. The number of carbonyl (C=O) groups is 1. The number of benzene rings is 2. The minimum atomic E-state index is -4.93. The van der Waals surface area contributed by atoms with Crippen LogP contribution in [0.1, 0.15) is 44.7 Å². The van der Waals surface area contributed by atoms with Gasteiger partial charge in [0.2, 0.25) is 0 Å². The summed E-state index contributed by atoms with van der Waals surface area (Å²) in [6, 6.07) is 19.8. The van der Waals surface area contributed by atoms with Gasteiger partial charge in [-0.2, -0.15) is 18.4 Å². The van der Waals surface area contributed by atoms with Crippen molar-refractivity contribution in [2.75, 3.05) is 20.2 Å². The van der Waals surface area contributed by atoms with Crippen LogP contribution in [0.3, 0.4) is 0 Å². The van der Waals surface area contributed by atoms with Gasteiger partial charge in [-0.25, -0.2) is 9.78 Å². The lowest BCUT2D eigenvalue weighted by atomic mass is 10.0. The van der Waals surface area contributed by atoms with Gasteiger partial charge in [-0.15, -0.1) is 0 Å². The second-order valence-electron chi connectivity index (χ2n) is 10.7. The Balaban J connectivity index is 1.57. The van der Waals surface area contributed by atoms with Crippen LogP contribution >= 0.6 is 0 Å². The summed E-state index contributed by atoms with van der Waals surface area (Å²) in [5, 5.41) is 13.3. The average molecular weight is 614 g/mol. The molecule has 0 aliphatic carbocycles. The molecule has 11 heteroatoms. The highest BCUT2D eigenvalue weighted by Crippen LogP contribution is 2.34. The van der Waals surface area contributed by atoms with Crippen molar-refractivity contribution in [3.63, 3.8) is 0 Å². The number of rotatable bonds is 9. The molecule has 0 bridgehead atoms. The molecular weight excluding hydrogens is 583 g/mol. The van der Waals surface area contributed by atoms with E-state index >= 15 is 0 Å². The Morgan fingerprint density at radius 1 is 1.07 bits per heavy atom. The Labute approximate surface area is 257 Å². The first-order valence-electron chi connectivity index (χ1n) is 14.2.